The SMILES string of the molecule is CCNC(=O)c1c(-c2ccccc2C(=O)OC)cccc1-c1c[nH]c2ccccc12. The first-order valence-electron chi connectivity index (χ1n) is 9.81. The molecule has 0 saturated heterocycles. The van der Waals surface area contributed by atoms with E-state index in [1.165, 1.54) is 7.11 Å². The third-order valence-electron chi connectivity index (χ3n) is 5.13. The second kappa shape index (κ2) is 8.25. The highest BCUT2D eigenvalue weighted by molar-refractivity contribution is 6.11. The Morgan fingerprint density at radius 3 is 2.30 bits per heavy atom. The first kappa shape index (κ1) is 19.5. The van der Waals surface area contributed by atoms with Crippen LogP contribution in [0.4, 0.5) is 0 Å². The minimum Gasteiger partial charge on any atom is -0.465 e. The van der Waals surface area contributed by atoms with Crippen molar-refractivity contribution in [2.24, 2.45) is 0 Å². The van der Waals surface area contributed by atoms with Crippen LogP contribution in [0, 0.1) is 0 Å². The molecule has 0 radical (unpaired) electrons. The van der Waals surface area contributed by atoms with E-state index in [1.54, 1.807) is 12.1 Å². The Morgan fingerprint density at radius 1 is 0.867 bits per heavy atom. The highest BCUT2D eigenvalue weighted by atomic mass is 16.5. The number of H-pyrrole nitrogens is 1. The van der Waals surface area contributed by atoms with E-state index in [0.29, 0.717) is 28.8 Å². The summed E-state index contributed by atoms with van der Waals surface area (Å²) in [5.41, 5.74) is 5.02. The maximum atomic E-state index is 13.2. The Morgan fingerprint density at radius 2 is 1.53 bits per heavy atom. The lowest BCUT2D eigenvalue weighted by molar-refractivity contribution is 0.0601. The summed E-state index contributed by atoms with van der Waals surface area (Å²) in [4.78, 5) is 28.9. The predicted molar refractivity (Wildman–Crippen MR) is 119 cm³/mol. The van der Waals surface area contributed by atoms with E-state index in [0.717, 1.165) is 22.0 Å². The topological polar surface area (TPSA) is 71.2 Å². The van der Waals surface area contributed by atoms with E-state index < -0.39 is 5.97 Å². The quantitative estimate of drug-likeness (QED) is 0.463. The number of fused-ring (bicyclic) bond motifs is 1. The van der Waals surface area contributed by atoms with Gasteiger partial charge in [0.25, 0.3) is 5.91 Å². The molecule has 0 aliphatic carbocycles. The molecule has 1 heterocycles. The van der Waals surface area contributed by atoms with Crippen molar-refractivity contribution >= 4 is 22.8 Å². The van der Waals surface area contributed by atoms with E-state index in [2.05, 4.69) is 10.3 Å². The molecule has 0 unspecified atom stereocenters. The van der Waals surface area contributed by atoms with Gasteiger partial charge in [0.15, 0.2) is 0 Å². The Kier molecular flexibility index (Phi) is 5.35. The number of para-hydroxylation sites is 1. The van der Waals surface area contributed by atoms with Crippen LogP contribution in [-0.2, 0) is 4.74 Å². The number of amides is 1. The minimum absolute atomic E-state index is 0.187. The molecule has 2 N–H and O–H groups in total. The van der Waals surface area contributed by atoms with Crippen molar-refractivity contribution in [1.29, 1.82) is 0 Å². The van der Waals surface area contributed by atoms with Gasteiger partial charge >= 0.3 is 5.97 Å². The number of carbonyl (C=O) groups excluding carboxylic acids is 2. The second-order valence-electron chi connectivity index (χ2n) is 6.87. The van der Waals surface area contributed by atoms with Gasteiger partial charge in [-0.25, -0.2) is 4.79 Å². The molecule has 1 amide bonds. The summed E-state index contributed by atoms with van der Waals surface area (Å²) in [6.07, 6.45) is 1.92. The number of benzene rings is 3. The number of rotatable bonds is 5. The van der Waals surface area contributed by atoms with Gasteiger partial charge in [-0.3, -0.25) is 4.79 Å². The predicted octanol–water partition coefficient (Wildman–Crippen LogP) is 5.04. The summed E-state index contributed by atoms with van der Waals surface area (Å²) in [6, 6.07) is 20.9. The van der Waals surface area contributed by atoms with Gasteiger partial charge in [0.2, 0.25) is 0 Å². The van der Waals surface area contributed by atoms with Gasteiger partial charge in [-0.05, 0) is 35.7 Å². The van der Waals surface area contributed by atoms with Crippen LogP contribution >= 0.6 is 0 Å². The van der Waals surface area contributed by atoms with Crippen molar-refractivity contribution in [1.82, 2.24) is 10.3 Å². The van der Waals surface area contributed by atoms with Crippen LogP contribution in [0.15, 0.2) is 72.9 Å². The first-order chi connectivity index (χ1) is 14.7. The molecular weight excluding hydrogens is 376 g/mol. The van der Waals surface area contributed by atoms with Gasteiger partial charge < -0.3 is 15.0 Å². The monoisotopic (exact) mass is 398 g/mol. The maximum Gasteiger partial charge on any atom is 0.338 e. The molecule has 5 nitrogen and oxygen atoms in total. The number of nitrogens with one attached hydrogen (secondary N) is 2. The smallest absolute Gasteiger partial charge is 0.338 e. The highest BCUT2D eigenvalue weighted by Gasteiger charge is 2.23. The molecule has 0 aliphatic rings. The molecule has 5 heteroatoms. The van der Waals surface area contributed by atoms with Crippen molar-refractivity contribution in [3.63, 3.8) is 0 Å². The van der Waals surface area contributed by atoms with E-state index in [9.17, 15) is 9.59 Å². The second-order valence-corrected chi connectivity index (χ2v) is 6.87. The van der Waals surface area contributed by atoms with Gasteiger partial charge in [-0.15, -0.1) is 0 Å². The average molecular weight is 398 g/mol. The number of aromatic amines is 1. The normalized spacial score (nSPS) is 10.7. The molecule has 0 saturated carbocycles. The van der Waals surface area contributed by atoms with E-state index in [-0.39, 0.29) is 5.91 Å². The molecule has 0 fully saturated rings. The standard InChI is InChI=1S/C25H22N2O3/c1-3-26-24(28)23-18(16-9-4-5-11-20(16)25(29)30-2)12-8-13-19(23)21-15-27-22-14-7-6-10-17(21)22/h4-15,27H,3H2,1-2H3,(H,26,28). The van der Waals surface area contributed by atoms with Gasteiger partial charge in [0.1, 0.15) is 0 Å². The van der Waals surface area contributed by atoms with Crippen molar-refractivity contribution in [3.8, 4) is 22.3 Å². The summed E-state index contributed by atoms with van der Waals surface area (Å²) < 4.78 is 4.96. The Balaban J connectivity index is 2.01. The molecule has 0 aliphatic heterocycles. The molecule has 3 aromatic carbocycles. The number of esters is 1. The van der Waals surface area contributed by atoms with Crippen LogP contribution in [0.2, 0.25) is 0 Å². The van der Waals surface area contributed by atoms with Crippen LogP contribution in [0.3, 0.4) is 0 Å². The van der Waals surface area contributed by atoms with Crippen LogP contribution < -0.4 is 5.32 Å². The van der Waals surface area contributed by atoms with Crippen LogP contribution in [0.1, 0.15) is 27.6 Å². The first-order valence-corrected chi connectivity index (χ1v) is 9.81. The van der Waals surface area contributed by atoms with Gasteiger partial charge in [0.05, 0.1) is 18.2 Å². The number of carbonyl (C=O) groups is 2. The van der Waals surface area contributed by atoms with E-state index in [4.69, 9.17) is 4.74 Å². The van der Waals surface area contributed by atoms with Gasteiger partial charge in [-0.2, -0.15) is 0 Å². The maximum absolute atomic E-state index is 13.2. The zero-order chi connectivity index (χ0) is 21.1. The third kappa shape index (κ3) is 3.35. The lowest BCUT2D eigenvalue weighted by Gasteiger charge is -2.16. The summed E-state index contributed by atoms with van der Waals surface area (Å²) in [6.45, 7) is 2.38. The zero-order valence-corrected chi connectivity index (χ0v) is 16.9. The molecule has 0 atom stereocenters. The molecule has 0 spiro atoms. The van der Waals surface area contributed by atoms with Crippen molar-refractivity contribution < 1.29 is 14.3 Å². The Bertz CT molecular complexity index is 1240. The minimum atomic E-state index is -0.440. The van der Waals surface area contributed by atoms with Gasteiger partial charge in [0, 0.05) is 29.2 Å². The fraction of sp³-hybridized carbons (Fsp3) is 0.120. The van der Waals surface area contributed by atoms with Crippen LogP contribution in [0.25, 0.3) is 33.2 Å². The van der Waals surface area contributed by atoms with Crippen molar-refractivity contribution in [3.05, 3.63) is 84.1 Å². The fourth-order valence-corrected chi connectivity index (χ4v) is 3.80. The highest BCUT2D eigenvalue weighted by Crippen LogP contribution is 2.37. The summed E-state index contributed by atoms with van der Waals surface area (Å²) in [5, 5.41) is 3.95. The molecule has 0 bridgehead atoms. The van der Waals surface area contributed by atoms with Crippen molar-refractivity contribution in [2.75, 3.05) is 13.7 Å². The van der Waals surface area contributed by atoms with E-state index >= 15 is 0 Å². The van der Waals surface area contributed by atoms with E-state index in [1.807, 2.05) is 67.7 Å². The lowest BCUT2D eigenvalue weighted by Crippen LogP contribution is -2.24. The molecule has 4 rings (SSSR count). The molecule has 30 heavy (non-hydrogen) atoms. The van der Waals surface area contributed by atoms with Crippen molar-refractivity contribution in [2.45, 2.75) is 6.92 Å². The zero-order valence-electron chi connectivity index (χ0n) is 16.9. The number of hydrogen-bond donors (Lipinski definition) is 2. The summed E-state index contributed by atoms with van der Waals surface area (Å²) in [7, 11) is 1.35. The number of hydrogen-bond acceptors (Lipinski definition) is 3. The third-order valence-corrected chi connectivity index (χ3v) is 5.13. The summed E-state index contributed by atoms with van der Waals surface area (Å²) >= 11 is 0. The number of ether oxygens (including phenoxy) is 1. The Hall–Kier alpha value is -3.86. The molecular formula is C25H22N2O3. The fourth-order valence-electron chi connectivity index (χ4n) is 3.80. The summed E-state index contributed by atoms with van der Waals surface area (Å²) in [5.74, 6) is -0.627. The van der Waals surface area contributed by atoms with Crippen LogP contribution in [-0.4, -0.2) is 30.5 Å². The largest absolute Gasteiger partial charge is 0.465 e. The lowest BCUT2D eigenvalue weighted by atomic mass is 9.89. The van der Waals surface area contributed by atoms with Gasteiger partial charge in [-0.1, -0.05) is 54.6 Å². The number of methoxy groups -OCH3 is 1. The molecule has 150 valence electrons. The Labute approximate surface area is 174 Å². The van der Waals surface area contributed by atoms with Crippen LogP contribution in [0.5, 0.6) is 0 Å². The molecule has 4 aromatic rings. The number of aromatic nitrogens is 1. The average Bonchev–Trinajstić information content (AvgIpc) is 3.22. The molecule has 1 aromatic heterocycles.